The number of benzene rings is 2. The monoisotopic (exact) mass is 432 g/mol. The average Bonchev–Trinajstić information content (AvgIpc) is 2.84. The summed E-state index contributed by atoms with van der Waals surface area (Å²) in [5.74, 6) is 1.27. The van der Waals surface area contributed by atoms with Crippen LogP contribution in [0, 0.1) is 10.1 Å². The van der Waals surface area contributed by atoms with Crippen LogP contribution in [0.2, 0.25) is 0 Å². The second-order valence-corrected chi connectivity index (χ2v) is 7.74. The fourth-order valence-electron chi connectivity index (χ4n) is 3.76. The molecule has 0 radical (unpaired) electrons. The van der Waals surface area contributed by atoms with Gasteiger partial charge in [0, 0.05) is 69.9 Å². The topological polar surface area (TPSA) is 95.7 Å². The molecule has 2 aromatic carbocycles. The van der Waals surface area contributed by atoms with E-state index in [1.165, 1.54) is 12.1 Å². The number of piperazine rings is 1. The van der Waals surface area contributed by atoms with Crippen molar-refractivity contribution in [1.82, 2.24) is 14.9 Å². The SMILES string of the molecule is CN(C)c1ccc([N+](=O)[O-])cc1C(=O)N1CCN(c2ccnc(-c3ccccc3)n2)CC1. The Kier molecular flexibility index (Phi) is 5.98. The molecule has 2 heterocycles. The number of hydrogen-bond donors (Lipinski definition) is 0. The molecule has 1 fully saturated rings. The molecule has 9 nitrogen and oxygen atoms in total. The molecule has 3 aromatic rings. The quantitative estimate of drug-likeness (QED) is 0.452. The predicted octanol–water partition coefficient (Wildman–Crippen LogP) is 3.08. The zero-order valence-electron chi connectivity index (χ0n) is 18.0. The second-order valence-electron chi connectivity index (χ2n) is 7.74. The van der Waals surface area contributed by atoms with E-state index in [0.717, 1.165) is 11.4 Å². The molecule has 0 bridgehead atoms. The van der Waals surface area contributed by atoms with Crippen molar-refractivity contribution in [3.05, 3.63) is 76.5 Å². The van der Waals surface area contributed by atoms with Crippen molar-refractivity contribution in [2.75, 3.05) is 50.1 Å². The summed E-state index contributed by atoms with van der Waals surface area (Å²) in [6, 6.07) is 16.1. The van der Waals surface area contributed by atoms with Gasteiger partial charge in [0.05, 0.1) is 10.5 Å². The van der Waals surface area contributed by atoms with Crippen molar-refractivity contribution >= 4 is 23.1 Å². The van der Waals surface area contributed by atoms with Gasteiger partial charge in [-0.2, -0.15) is 0 Å². The van der Waals surface area contributed by atoms with Gasteiger partial charge in [-0.3, -0.25) is 14.9 Å². The van der Waals surface area contributed by atoms with Crippen molar-refractivity contribution in [3.8, 4) is 11.4 Å². The minimum atomic E-state index is -0.479. The van der Waals surface area contributed by atoms with E-state index in [4.69, 9.17) is 4.98 Å². The maximum atomic E-state index is 13.2. The second kappa shape index (κ2) is 9.01. The molecule has 32 heavy (non-hydrogen) atoms. The summed E-state index contributed by atoms with van der Waals surface area (Å²) in [5.41, 5.74) is 1.86. The Morgan fingerprint density at radius 2 is 1.75 bits per heavy atom. The van der Waals surface area contributed by atoms with E-state index >= 15 is 0 Å². The Morgan fingerprint density at radius 1 is 1.03 bits per heavy atom. The number of carbonyl (C=O) groups excluding carboxylic acids is 1. The van der Waals surface area contributed by atoms with Gasteiger partial charge in [0.15, 0.2) is 5.82 Å². The number of rotatable bonds is 5. The highest BCUT2D eigenvalue weighted by molar-refractivity contribution is 6.00. The third-order valence-electron chi connectivity index (χ3n) is 5.47. The Bertz CT molecular complexity index is 1130. The van der Waals surface area contributed by atoms with E-state index in [0.29, 0.717) is 43.3 Å². The van der Waals surface area contributed by atoms with Crippen LogP contribution in [0.5, 0.6) is 0 Å². The van der Waals surface area contributed by atoms with Gasteiger partial charge in [-0.25, -0.2) is 9.97 Å². The Morgan fingerprint density at radius 3 is 2.41 bits per heavy atom. The first kappa shape index (κ1) is 21.2. The molecule has 1 aromatic heterocycles. The molecule has 0 saturated carbocycles. The van der Waals surface area contributed by atoms with Crippen molar-refractivity contribution in [3.63, 3.8) is 0 Å². The highest BCUT2D eigenvalue weighted by Crippen LogP contribution is 2.26. The van der Waals surface area contributed by atoms with Crippen LogP contribution in [0.4, 0.5) is 17.2 Å². The molecule has 0 atom stereocenters. The summed E-state index contributed by atoms with van der Waals surface area (Å²) < 4.78 is 0. The van der Waals surface area contributed by atoms with Crippen LogP contribution in [0.1, 0.15) is 10.4 Å². The Labute approximate surface area is 186 Å². The van der Waals surface area contributed by atoms with Gasteiger partial charge in [0.25, 0.3) is 11.6 Å². The van der Waals surface area contributed by atoms with Crippen molar-refractivity contribution in [2.24, 2.45) is 0 Å². The standard InChI is InChI=1S/C23H24N6O3/c1-26(2)20-9-8-18(29(31)32)16-19(20)23(30)28-14-12-27(13-15-28)21-10-11-24-22(25-21)17-6-4-3-5-7-17/h3-11,16H,12-15H2,1-2H3. The summed E-state index contributed by atoms with van der Waals surface area (Å²) in [7, 11) is 3.63. The van der Waals surface area contributed by atoms with Crippen LogP contribution in [0.3, 0.4) is 0 Å². The third kappa shape index (κ3) is 4.36. The lowest BCUT2D eigenvalue weighted by Crippen LogP contribution is -2.49. The summed E-state index contributed by atoms with van der Waals surface area (Å²) in [5, 5.41) is 11.2. The lowest BCUT2D eigenvalue weighted by atomic mass is 10.1. The minimum absolute atomic E-state index is 0.0907. The number of carbonyl (C=O) groups is 1. The summed E-state index contributed by atoms with van der Waals surface area (Å²) in [6.45, 7) is 2.23. The summed E-state index contributed by atoms with van der Waals surface area (Å²) in [4.78, 5) is 38.7. The molecule has 1 saturated heterocycles. The average molecular weight is 432 g/mol. The maximum absolute atomic E-state index is 13.2. The molecule has 0 N–H and O–H groups in total. The van der Waals surface area contributed by atoms with Gasteiger partial charge >= 0.3 is 0 Å². The number of amides is 1. The van der Waals surface area contributed by atoms with Gasteiger partial charge < -0.3 is 14.7 Å². The van der Waals surface area contributed by atoms with Gasteiger partial charge in [0.1, 0.15) is 5.82 Å². The molecule has 4 rings (SSSR count). The lowest BCUT2D eigenvalue weighted by Gasteiger charge is -2.36. The molecular formula is C23H24N6O3. The number of nitrogens with zero attached hydrogens (tertiary/aromatic N) is 6. The van der Waals surface area contributed by atoms with E-state index < -0.39 is 4.92 Å². The van der Waals surface area contributed by atoms with Crippen molar-refractivity contribution in [1.29, 1.82) is 0 Å². The highest BCUT2D eigenvalue weighted by atomic mass is 16.6. The zero-order chi connectivity index (χ0) is 22.7. The van der Waals surface area contributed by atoms with Crippen molar-refractivity contribution in [2.45, 2.75) is 0 Å². The smallest absolute Gasteiger partial charge is 0.270 e. The number of nitro benzene ring substituents is 1. The van der Waals surface area contributed by atoms with Crippen LogP contribution >= 0.6 is 0 Å². The van der Waals surface area contributed by atoms with Crippen LogP contribution in [-0.2, 0) is 0 Å². The van der Waals surface area contributed by atoms with E-state index in [9.17, 15) is 14.9 Å². The molecule has 1 aliphatic rings. The number of nitro groups is 1. The molecule has 1 aliphatic heterocycles. The molecule has 164 valence electrons. The molecular weight excluding hydrogens is 408 g/mol. The van der Waals surface area contributed by atoms with E-state index in [1.54, 1.807) is 22.1 Å². The zero-order valence-corrected chi connectivity index (χ0v) is 18.0. The van der Waals surface area contributed by atoms with Crippen LogP contribution in [0.25, 0.3) is 11.4 Å². The Balaban J connectivity index is 1.49. The molecule has 1 amide bonds. The Hall–Kier alpha value is -4.01. The molecule has 0 aliphatic carbocycles. The van der Waals surface area contributed by atoms with Gasteiger partial charge in [-0.05, 0) is 12.1 Å². The number of aromatic nitrogens is 2. The first-order valence-corrected chi connectivity index (χ1v) is 10.3. The summed E-state index contributed by atoms with van der Waals surface area (Å²) >= 11 is 0. The van der Waals surface area contributed by atoms with Gasteiger partial charge in [-0.1, -0.05) is 30.3 Å². The number of hydrogen-bond acceptors (Lipinski definition) is 7. The van der Waals surface area contributed by atoms with E-state index in [2.05, 4.69) is 9.88 Å². The van der Waals surface area contributed by atoms with Gasteiger partial charge in [0.2, 0.25) is 0 Å². The van der Waals surface area contributed by atoms with Crippen LogP contribution in [0.15, 0.2) is 60.8 Å². The highest BCUT2D eigenvalue weighted by Gasteiger charge is 2.26. The van der Waals surface area contributed by atoms with Gasteiger partial charge in [-0.15, -0.1) is 0 Å². The van der Waals surface area contributed by atoms with E-state index in [-0.39, 0.29) is 11.6 Å². The van der Waals surface area contributed by atoms with Crippen LogP contribution < -0.4 is 9.80 Å². The van der Waals surface area contributed by atoms with E-state index in [1.807, 2.05) is 50.5 Å². The normalized spacial score (nSPS) is 13.7. The number of non-ortho nitro benzene ring substituents is 1. The first-order valence-electron chi connectivity index (χ1n) is 10.3. The fourth-order valence-corrected chi connectivity index (χ4v) is 3.76. The largest absolute Gasteiger partial charge is 0.377 e. The lowest BCUT2D eigenvalue weighted by molar-refractivity contribution is -0.384. The van der Waals surface area contributed by atoms with Crippen molar-refractivity contribution < 1.29 is 9.72 Å². The molecule has 9 heteroatoms. The fraction of sp³-hybridized carbons (Fsp3) is 0.261. The number of anilines is 2. The first-order chi connectivity index (χ1) is 15.4. The summed E-state index contributed by atoms with van der Waals surface area (Å²) in [6.07, 6.45) is 1.74. The van der Waals surface area contributed by atoms with Crippen LogP contribution in [-0.4, -0.2) is 66.0 Å². The predicted molar refractivity (Wildman–Crippen MR) is 123 cm³/mol. The molecule has 0 unspecified atom stereocenters. The molecule has 0 spiro atoms. The minimum Gasteiger partial charge on any atom is -0.377 e. The maximum Gasteiger partial charge on any atom is 0.270 e. The third-order valence-corrected chi connectivity index (χ3v) is 5.47.